The molecular weight excluding hydrogens is 156 g/mol. The number of methoxy groups -OCH3 is 1. The molecule has 0 heterocycles. The van der Waals surface area contributed by atoms with Crippen LogP contribution in [0.1, 0.15) is 19.3 Å². The number of hydrogen-bond donors (Lipinski definition) is 2. The molecule has 4 N–H and O–H groups in total. The predicted octanol–water partition coefficient (Wildman–Crippen LogP) is -0.386. The van der Waals surface area contributed by atoms with E-state index in [4.69, 9.17) is 16.2 Å². The van der Waals surface area contributed by atoms with E-state index in [0.717, 1.165) is 19.3 Å². The van der Waals surface area contributed by atoms with E-state index < -0.39 is 11.9 Å². The van der Waals surface area contributed by atoms with Gasteiger partial charge in [0.05, 0.1) is 12.1 Å². The van der Waals surface area contributed by atoms with Crippen LogP contribution in [0.4, 0.5) is 0 Å². The Bertz CT molecular complexity index is 172. The number of rotatable bonds is 3. The van der Waals surface area contributed by atoms with Crippen LogP contribution < -0.4 is 11.5 Å². The minimum absolute atomic E-state index is 0.118. The molecule has 0 spiro atoms. The van der Waals surface area contributed by atoms with Gasteiger partial charge in [-0.25, -0.2) is 0 Å². The Balaban J connectivity index is 2.55. The smallest absolute Gasteiger partial charge is 0.234 e. The fourth-order valence-corrected chi connectivity index (χ4v) is 1.87. The summed E-state index contributed by atoms with van der Waals surface area (Å²) < 4.78 is 5.21. The Hall–Kier alpha value is -0.610. The molecule has 3 atom stereocenters. The number of hydrogen-bond acceptors (Lipinski definition) is 3. The van der Waals surface area contributed by atoms with Gasteiger partial charge in [0.1, 0.15) is 0 Å². The highest BCUT2D eigenvalue weighted by molar-refractivity contribution is 5.80. The van der Waals surface area contributed by atoms with E-state index in [2.05, 4.69) is 0 Å². The van der Waals surface area contributed by atoms with E-state index >= 15 is 0 Å². The Kier molecular flexibility index (Phi) is 3.05. The Morgan fingerprint density at radius 3 is 2.75 bits per heavy atom. The van der Waals surface area contributed by atoms with Gasteiger partial charge in [-0.05, 0) is 12.8 Å². The van der Waals surface area contributed by atoms with Crippen LogP contribution in [-0.4, -0.2) is 25.2 Å². The van der Waals surface area contributed by atoms with Crippen LogP contribution >= 0.6 is 0 Å². The summed E-state index contributed by atoms with van der Waals surface area (Å²) in [5, 5.41) is 0. The fourth-order valence-electron chi connectivity index (χ4n) is 1.87. The normalized spacial score (nSPS) is 31.8. The topological polar surface area (TPSA) is 78.3 Å². The van der Waals surface area contributed by atoms with Crippen molar-refractivity contribution < 1.29 is 9.53 Å². The van der Waals surface area contributed by atoms with Crippen molar-refractivity contribution >= 4 is 5.91 Å². The number of amides is 1. The summed E-state index contributed by atoms with van der Waals surface area (Å²) in [6.45, 7) is 0. The van der Waals surface area contributed by atoms with Gasteiger partial charge in [-0.3, -0.25) is 4.79 Å². The third kappa shape index (κ3) is 1.76. The summed E-state index contributed by atoms with van der Waals surface area (Å²) in [7, 11) is 1.65. The van der Waals surface area contributed by atoms with Gasteiger partial charge in [0, 0.05) is 13.0 Å². The number of ether oxygens (including phenoxy) is 1. The predicted molar refractivity (Wildman–Crippen MR) is 45.3 cm³/mol. The average molecular weight is 172 g/mol. The Morgan fingerprint density at radius 2 is 2.25 bits per heavy atom. The SMILES string of the molecule is COC1CCCC1C(N)C(N)=O. The van der Waals surface area contributed by atoms with Crippen molar-refractivity contribution in [2.45, 2.75) is 31.4 Å². The molecule has 0 aromatic heterocycles. The quantitative estimate of drug-likeness (QED) is 0.608. The number of nitrogens with two attached hydrogens (primary N) is 2. The molecule has 1 fully saturated rings. The lowest BCUT2D eigenvalue weighted by Crippen LogP contribution is -2.45. The lowest BCUT2D eigenvalue weighted by molar-refractivity contribution is -0.121. The van der Waals surface area contributed by atoms with E-state index in [1.165, 1.54) is 0 Å². The van der Waals surface area contributed by atoms with Gasteiger partial charge in [-0.1, -0.05) is 6.42 Å². The van der Waals surface area contributed by atoms with Crippen molar-refractivity contribution in [3.63, 3.8) is 0 Å². The standard InChI is InChI=1S/C8H16N2O2/c1-12-6-4-2-3-5(6)7(9)8(10)11/h5-7H,2-4,9H2,1H3,(H2,10,11). The largest absolute Gasteiger partial charge is 0.381 e. The first kappa shape index (κ1) is 9.48. The van der Waals surface area contributed by atoms with Gasteiger partial charge in [0.2, 0.25) is 5.91 Å². The molecule has 1 amide bonds. The average Bonchev–Trinajstić information content (AvgIpc) is 2.49. The molecule has 0 aromatic carbocycles. The van der Waals surface area contributed by atoms with Crippen LogP contribution in [0, 0.1) is 5.92 Å². The first-order valence-electron chi connectivity index (χ1n) is 4.24. The molecule has 1 rings (SSSR count). The molecule has 4 nitrogen and oxygen atoms in total. The highest BCUT2D eigenvalue weighted by atomic mass is 16.5. The summed E-state index contributed by atoms with van der Waals surface area (Å²) >= 11 is 0. The van der Waals surface area contributed by atoms with Gasteiger partial charge >= 0.3 is 0 Å². The summed E-state index contributed by atoms with van der Waals surface area (Å²) in [5.41, 5.74) is 10.7. The molecule has 70 valence electrons. The van der Waals surface area contributed by atoms with Crippen LogP contribution in [0.2, 0.25) is 0 Å². The molecule has 0 saturated heterocycles. The first-order valence-corrected chi connectivity index (χ1v) is 4.24. The van der Waals surface area contributed by atoms with E-state index in [9.17, 15) is 4.79 Å². The van der Waals surface area contributed by atoms with E-state index in [0.29, 0.717) is 0 Å². The van der Waals surface area contributed by atoms with Crippen molar-refractivity contribution in [3.05, 3.63) is 0 Å². The third-order valence-electron chi connectivity index (χ3n) is 2.60. The maximum Gasteiger partial charge on any atom is 0.234 e. The van der Waals surface area contributed by atoms with Gasteiger partial charge in [0.25, 0.3) is 0 Å². The van der Waals surface area contributed by atoms with Gasteiger partial charge < -0.3 is 16.2 Å². The Morgan fingerprint density at radius 1 is 1.58 bits per heavy atom. The lowest BCUT2D eigenvalue weighted by Gasteiger charge is -2.21. The molecule has 3 unspecified atom stereocenters. The highest BCUT2D eigenvalue weighted by Gasteiger charge is 2.34. The maximum atomic E-state index is 10.8. The highest BCUT2D eigenvalue weighted by Crippen LogP contribution is 2.29. The van der Waals surface area contributed by atoms with Crippen molar-refractivity contribution in [3.8, 4) is 0 Å². The van der Waals surface area contributed by atoms with E-state index in [-0.39, 0.29) is 12.0 Å². The van der Waals surface area contributed by atoms with Gasteiger partial charge in [-0.15, -0.1) is 0 Å². The molecule has 12 heavy (non-hydrogen) atoms. The van der Waals surface area contributed by atoms with Gasteiger partial charge in [-0.2, -0.15) is 0 Å². The third-order valence-corrected chi connectivity index (χ3v) is 2.60. The maximum absolute atomic E-state index is 10.8. The number of carbonyl (C=O) groups excluding carboxylic acids is 1. The van der Waals surface area contributed by atoms with Crippen molar-refractivity contribution in [1.82, 2.24) is 0 Å². The molecule has 1 aliphatic carbocycles. The summed E-state index contributed by atoms with van der Waals surface area (Å²) in [6.07, 6.45) is 3.13. The molecule has 0 aliphatic heterocycles. The molecule has 4 heteroatoms. The van der Waals surface area contributed by atoms with Gasteiger partial charge in [0.15, 0.2) is 0 Å². The molecule has 0 bridgehead atoms. The van der Waals surface area contributed by atoms with Crippen molar-refractivity contribution in [2.75, 3.05) is 7.11 Å². The zero-order chi connectivity index (χ0) is 9.14. The lowest BCUT2D eigenvalue weighted by atomic mass is 9.96. The van der Waals surface area contributed by atoms with Crippen molar-refractivity contribution in [1.29, 1.82) is 0 Å². The first-order chi connectivity index (χ1) is 5.66. The molecule has 0 radical (unpaired) electrons. The van der Waals surface area contributed by atoms with Crippen LogP contribution in [0.15, 0.2) is 0 Å². The second kappa shape index (κ2) is 3.87. The van der Waals surface area contributed by atoms with Crippen LogP contribution in [0.3, 0.4) is 0 Å². The van der Waals surface area contributed by atoms with E-state index in [1.807, 2.05) is 0 Å². The van der Waals surface area contributed by atoms with Crippen LogP contribution in [-0.2, 0) is 9.53 Å². The Labute approximate surface area is 72.2 Å². The fraction of sp³-hybridized carbons (Fsp3) is 0.875. The molecule has 0 aromatic rings. The van der Waals surface area contributed by atoms with Crippen LogP contribution in [0.25, 0.3) is 0 Å². The second-order valence-electron chi connectivity index (χ2n) is 3.30. The molecule has 1 saturated carbocycles. The number of primary amides is 1. The van der Waals surface area contributed by atoms with E-state index in [1.54, 1.807) is 7.11 Å². The molecular formula is C8H16N2O2. The molecule has 1 aliphatic rings. The van der Waals surface area contributed by atoms with Crippen molar-refractivity contribution in [2.24, 2.45) is 17.4 Å². The zero-order valence-corrected chi connectivity index (χ0v) is 7.32. The summed E-state index contributed by atoms with van der Waals surface area (Å²) in [6, 6.07) is -0.544. The zero-order valence-electron chi connectivity index (χ0n) is 7.32. The summed E-state index contributed by atoms with van der Waals surface area (Å²) in [4.78, 5) is 10.8. The second-order valence-corrected chi connectivity index (χ2v) is 3.30. The van der Waals surface area contributed by atoms with Crippen LogP contribution in [0.5, 0.6) is 0 Å². The minimum Gasteiger partial charge on any atom is -0.381 e. The minimum atomic E-state index is -0.544. The monoisotopic (exact) mass is 172 g/mol. The number of carbonyl (C=O) groups is 1. The summed E-state index contributed by atoms with van der Waals surface area (Å²) in [5.74, 6) is -0.309.